The fourth-order valence-electron chi connectivity index (χ4n) is 2.81. The van der Waals surface area contributed by atoms with Crippen LogP contribution >= 0.6 is 34.4 Å². The molecule has 30 heavy (non-hydrogen) atoms. The Hall–Kier alpha value is -2.40. The molecule has 1 fully saturated rings. The molecule has 2 aromatic carbocycles. The first-order valence-electron chi connectivity index (χ1n) is 9.21. The number of carbonyl (C=O) groups is 3. The quantitative estimate of drug-likeness (QED) is 0.460. The zero-order chi connectivity index (χ0) is 21.7. The number of benzene rings is 2. The maximum atomic E-state index is 12.7. The summed E-state index contributed by atoms with van der Waals surface area (Å²) in [6.45, 7) is 2.32. The molecule has 0 aromatic heterocycles. The van der Waals surface area contributed by atoms with E-state index in [9.17, 15) is 14.4 Å². The topological polar surface area (TPSA) is 88.1 Å². The van der Waals surface area contributed by atoms with E-state index in [-0.39, 0.29) is 18.2 Å². The summed E-state index contributed by atoms with van der Waals surface area (Å²) >= 11 is 3.45. The molecule has 0 spiro atoms. The van der Waals surface area contributed by atoms with Crippen LogP contribution in [0.1, 0.15) is 23.7 Å². The van der Waals surface area contributed by atoms with E-state index in [1.165, 1.54) is 18.9 Å². The number of rotatable bonds is 5. The molecule has 1 heterocycles. The third-order valence-electron chi connectivity index (χ3n) is 4.37. The number of carbonyl (C=O) groups excluding carboxylic acids is 3. The van der Waals surface area contributed by atoms with Crippen molar-refractivity contribution in [3.8, 4) is 0 Å². The minimum Gasteiger partial charge on any atom is -0.465 e. The zero-order valence-corrected chi connectivity index (χ0v) is 19.4. The number of aliphatic imine (C=N–C) groups is 1. The highest BCUT2D eigenvalue weighted by molar-refractivity contribution is 14.1. The molecule has 1 unspecified atom stereocenters. The molecular formula is C21H20IN3O4S. The molecule has 0 saturated carbocycles. The van der Waals surface area contributed by atoms with Gasteiger partial charge in [0.25, 0.3) is 0 Å². The second kappa shape index (κ2) is 10.1. The number of halogens is 1. The summed E-state index contributed by atoms with van der Waals surface area (Å²) in [6, 6.07) is 14.0. The van der Waals surface area contributed by atoms with Gasteiger partial charge < -0.3 is 10.1 Å². The third-order valence-corrected chi connectivity index (χ3v) is 6.28. The SMILES string of the molecule is CCN1C(=O)CC(C(=O)Nc2ccc(I)cc2)SC1=Nc1ccc(C(=O)OC)cc1. The van der Waals surface area contributed by atoms with E-state index >= 15 is 0 Å². The van der Waals surface area contributed by atoms with Crippen LogP contribution in [-0.2, 0) is 14.3 Å². The van der Waals surface area contributed by atoms with E-state index < -0.39 is 11.2 Å². The highest BCUT2D eigenvalue weighted by atomic mass is 127. The van der Waals surface area contributed by atoms with E-state index in [1.54, 1.807) is 29.2 Å². The molecule has 2 amide bonds. The van der Waals surface area contributed by atoms with Gasteiger partial charge in [0.15, 0.2) is 5.17 Å². The highest BCUT2D eigenvalue weighted by Crippen LogP contribution is 2.30. The van der Waals surface area contributed by atoms with Gasteiger partial charge in [0.2, 0.25) is 11.8 Å². The van der Waals surface area contributed by atoms with Gasteiger partial charge in [-0.3, -0.25) is 14.5 Å². The largest absolute Gasteiger partial charge is 0.465 e. The lowest BCUT2D eigenvalue weighted by Gasteiger charge is -2.30. The van der Waals surface area contributed by atoms with Gasteiger partial charge in [0.05, 0.1) is 18.4 Å². The standard InChI is InChI=1S/C21H20IN3O4S/c1-3-25-18(26)12-17(19(27)23-15-10-6-14(22)7-11-15)30-21(25)24-16-8-4-13(5-9-16)20(28)29-2/h4-11,17H,3,12H2,1-2H3,(H,23,27). The summed E-state index contributed by atoms with van der Waals surface area (Å²) in [7, 11) is 1.32. The molecule has 1 aliphatic heterocycles. The van der Waals surface area contributed by atoms with Gasteiger partial charge in [-0.15, -0.1) is 0 Å². The number of hydrogen-bond donors (Lipinski definition) is 1. The van der Waals surface area contributed by atoms with Crippen molar-refractivity contribution in [2.45, 2.75) is 18.6 Å². The van der Waals surface area contributed by atoms with Crippen molar-refractivity contribution in [3.05, 3.63) is 57.7 Å². The molecule has 1 aliphatic rings. The van der Waals surface area contributed by atoms with E-state index in [0.29, 0.717) is 28.7 Å². The summed E-state index contributed by atoms with van der Waals surface area (Å²) in [6.07, 6.45) is 0.106. The molecule has 1 saturated heterocycles. The number of nitrogens with one attached hydrogen (secondary N) is 1. The first kappa shape index (κ1) is 22.3. The van der Waals surface area contributed by atoms with E-state index in [2.05, 4.69) is 32.9 Å². The van der Waals surface area contributed by atoms with E-state index in [0.717, 1.165) is 3.57 Å². The third kappa shape index (κ3) is 5.39. The van der Waals surface area contributed by atoms with Crippen molar-refractivity contribution in [1.82, 2.24) is 4.90 Å². The molecule has 0 radical (unpaired) electrons. The van der Waals surface area contributed by atoms with Gasteiger partial charge in [0.1, 0.15) is 5.25 Å². The lowest BCUT2D eigenvalue weighted by Crippen LogP contribution is -2.45. The number of hydrogen-bond acceptors (Lipinski definition) is 6. The fourth-order valence-corrected chi connectivity index (χ4v) is 4.33. The summed E-state index contributed by atoms with van der Waals surface area (Å²) in [4.78, 5) is 43.0. The van der Waals surface area contributed by atoms with Gasteiger partial charge in [-0.2, -0.15) is 0 Å². The lowest BCUT2D eigenvalue weighted by atomic mass is 10.2. The molecule has 1 N–H and O–H groups in total. The predicted octanol–water partition coefficient (Wildman–Crippen LogP) is 4.06. The Morgan fingerprint density at radius 2 is 1.87 bits per heavy atom. The van der Waals surface area contributed by atoms with Gasteiger partial charge >= 0.3 is 5.97 Å². The maximum Gasteiger partial charge on any atom is 0.337 e. The van der Waals surface area contributed by atoms with Crippen LogP contribution in [0.3, 0.4) is 0 Å². The summed E-state index contributed by atoms with van der Waals surface area (Å²) in [5.41, 5.74) is 1.68. The van der Waals surface area contributed by atoms with Crippen molar-refractivity contribution in [2.75, 3.05) is 19.0 Å². The minimum absolute atomic E-state index is 0.106. The Labute approximate surface area is 192 Å². The normalized spacial score (nSPS) is 17.7. The van der Waals surface area contributed by atoms with Crippen molar-refractivity contribution in [2.24, 2.45) is 4.99 Å². The number of nitrogens with zero attached hydrogens (tertiary/aromatic N) is 2. The van der Waals surface area contributed by atoms with Crippen LogP contribution in [0.4, 0.5) is 11.4 Å². The second-order valence-corrected chi connectivity index (χ2v) is 8.79. The number of amides is 2. The Bertz CT molecular complexity index is 977. The maximum absolute atomic E-state index is 12.7. The number of methoxy groups -OCH3 is 1. The summed E-state index contributed by atoms with van der Waals surface area (Å²) < 4.78 is 5.76. The van der Waals surface area contributed by atoms with Crippen molar-refractivity contribution in [1.29, 1.82) is 0 Å². The average Bonchev–Trinajstić information content (AvgIpc) is 2.75. The lowest BCUT2D eigenvalue weighted by molar-refractivity contribution is -0.129. The van der Waals surface area contributed by atoms with Crippen LogP contribution in [0.15, 0.2) is 53.5 Å². The molecule has 1 atom stereocenters. The molecule has 156 valence electrons. The summed E-state index contributed by atoms with van der Waals surface area (Å²) in [5, 5.41) is 2.75. The van der Waals surface area contributed by atoms with Gasteiger partial charge in [0, 0.05) is 22.2 Å². The molecule has 0 aliphatic carbocycles. The average molecular weight is 537 g/mol. The van der Waals surface area contributed by atoms with Crippen LogP contribution in [0.2, 0.25) is 0 Å². The number of thioether (sulfide) groups is 1. The van der Waals surface area contributed by atoms with Crippen molar-refractivity contribution >= 4 is 68.7 Å². The Kier molecular flexibility index (Phi) is 7.48. The molecule has 9 heteroatoms. The number of ether oxygens (including phenoxy) is 1. The zero-order valence-electron chi connectivity index (χ0n) is 16.4. The molecule has 2 aromatic rings. The molecular weight excluding hydrogens is 517 g/mol. The molecule has 3 rings (SSSR count). The van der Waals surface area contributed by atoms with Gasteiger partial charge in [-0.25, -0.2) is 9.79 Å². The second-order valence-electron chi connectivity index (χ2n) is 6.38. The smallest absolute Gasteiger partial charge is 0.337 e. The first-order valence-corrected chi connectivity index (χ1v) is 11.2. The number of esters is 1. The van der Waals surface area contributed by atoms with Gasteiger partial charge in [-0.1, -0.05) is 11.8 Å². The van der Waals surface area contributed by atoms with Gasteiger partial charge in [-0.05, 0) is 78.0 Å². The summed E-state index contributed by atoms with van der Waals surface area (Å²) in [5.74, 6) is -0.818. The Balaban J connectivity index is 1.79. The van der Waals surface area contributed by atoms with Crippen molar-refractivity contribution < 1.29 is 19.1 Å². The van der Waals surface area contributed by atoms with Crippen LogP contribution in [0, 0.1) is 3.57 Å². The fraction of sp³-hybridized carbons (Fsp3) is 0.238. The van der Waals surface area contributed by atoms with Crippen molar-refractivity contribution in [3.63, 3.8) is 0 Å². The Morgan fingerprint density at radius 1 is 1.20 bits per heavy atom. The van der Waals surface area contributed by atoms with Crippen LogP contribution < -0.4 is 5.32 Å². The van der Waals surface area contributed by atoms with E-state index in [1.807, 2.05) is 31.2 Å². The number of anilines is 1. The first-order chi connectivity index (χ1) is 14.4. The van der Waals surface area contributed by atoms with Crippen LogP contribution in [0.25, 0.3) is 0 Å². The highest BCUT2D eigenvalue weighted by Gasteiger charge is 2.35. The molecule has 0 bridgehead atoms. The minimum atomic E-state index is -0.576. The van der Waals surface area contributed by atoms with E-state index in [4.69, 9.17) is 4.74 Å². The molecule has 7 nitrogen and oxygen atoms in total. The van der Waals surface area contributed by atoms with Crippen LogP contribution in [0.5, 0.6) is 0 Å². The van der Waals surface area contributed by atoms with Crippen LogP contribution in [-0.4, -0.2) is 46.8 Å². The predicted molar refractivity (Wildman–Crippen MR) is 126 cm³/mol. The number of amidine groups is 1. The Morgan fingerprint density at radius 3 is 2.47 bits per heavy atom. The monoisotopic (exact) mass is 537 g/mol.